The molecule has 0 atom stereocenters. The number of hydrogen-bond acceptors (Lipinski definition) is 5. The molecule has 22 heavy (non-hydrogen) atoms. The summed E-state index contributed by atoms with van der Waals surface area (Å²) in [6.07, 6.45) is 2.80. The average molecular weight is 295 g/mol. The third kappa shape index (κ3) is 3.12. The molecule has 0 saturated carbocycles. The molecule has 3 rings (SSSR count). The molecule has 0 aliphatic rings. The zero-order chi connectivity index (χ0) is 15.4. The van der Waals surface area contributed by atoms with Crippen LogP contribution >= 0.6 is 0 Å². The van der Waals surface area contributed by atoms with Gasteiger partial charge in [-0.25, -0.2) is 9.67 Å². The second kappa shape index (κ2) is 6.09. The van der Waals surface area contributed by atoms with Crippen molar-refractivity contribution in [1.82, 2.24) is 14.8 Å². The summed E-state index contributed by atoms with van der Waals surface area (Å²) in [6.45, 7) is 0.0203. The van der Waals surface area contributed by atoms with Crippen LogP contribution in [0, 0.1) is 0 Å². The zero-order valence-electron chi connectivity index (χ0n) is 11.6. The molecule has 0 radical (unpaired) electrons. The molecule has 0 saturated heterocycles. The van der Waals surface area contributed by atoms with E-state index in [-0.39, 0.29) is 23.6 Å². The minimum atomic E-state index is -0.255. The first-order chi connectivity index (χ1) is 10.7. The normalized spacial score (nSPS) is 10.4. The molecular weight excluding hydrogens is 282 g/mol. The Bertz CT molecular complexity index is 771. The van der Waals surface area contributed by atoms with Crippen molar-refractivity contribution in [3.05, 3.63) is 66.7 Å². The number of carbonyl (C=O) groups excluding carboxylic acids is 1. The van der Waals surface area contributed by atoms with Crippen LogP contribution in [0.1, 0.15) is 10.4 Å². The molecule has 1 N–H and O–H groups in total. The van der Waals surface area contributed by atoms with Crippen molar-refractivity contribution in [2.75, 3.05) is 0 Å². The quantitative estimate of drug-likeness (QED) is 0.732. The van der Waals surface area contributed by atoms with E-state index in [1.165, 1.54) is 29.5 Å². The topological polar surface area (TPSA) is 77.2 Å². The minimum Gasteiger partial charge on any atom is -0.507 e. The molecule has 1 aromatic heterocycles. The van der Waals surface area contributed by atoms with Gasteiger partial charge in [-0.1, -0.05) is 18.2 Å². The van der Waals surface area contributed by atoms with Gasteiger partial charge in [-0.2, -0.15) is 5.10 Å². The molecule has 0 amide bonds. The summed E-state index contributed by atoms with van der Waals surface area (Å²) in [4.78, 5) is 15.9. The van der Waals surface area contributed by atoms with Crippen LogP contribution in [0.3, 0.4) is 0 Å². The van der Waals surface area contributed by atoms with Crippen LogP contribution in [0.2, 0.25) is 0 Å². The molecule has 0 unspecified atom stereocenters. The number of hydrogen-bond donors (Lipinski definition) is 1. The second-order valence-electron chi connectivity index (χ2n) is 4.61. The van der Waals surface area contributed by atoms with E-state index in [1.54, 1.807) is 18.2 Å². The highest BCUT2D eigenvalue weighted by atomic mass is 16.5. The van der Waals surface area contributed by atoms with Crippen molar-refractivity contribution in [3.63, 3.8) is 0 Å². The Kier molecular flexibility index (Phi) is 3.82. The highest BCUT2D eigenvalue weighted by molar-refractivity contribution is 5.98. The number of aromatic hydroxyl groups is 1. The summed E-state index contributed by atoms with van der Waals surface area (Å²) in [5, 5.41) is 13.9. The Labute approximate surface area is 126 Å². The summed E-state index contributed by atoms with van der Waals surface area (Å²) in [5.74, 6) is 0.734. The van der Waals surface area contributed by atoms with Crippen molar-refractivity contribution < 1.29 is 14.6 Å². The molecule has 110 valence electrons. The zero-order valence-corrected chi connectivity index (χ0v) is 11.6. The molecule has 6 nitrogen and oxygen atoms in total. The largest absolute Gasteiger partial charge is 0.507 e. The molecule has 0 bridgehead atoms. The Balaban J connectivity index is 1.76. The van der Waals surface area contributed by atoms with Gasteiger partial charge in [0.25, 0.3) is 0 Å². The van der Waals surface area contributed by atoms with Crippen molar-refractivity contribution in [3.8, 4) is 17.2 Å². The Hall–Kier alpha value is -3.15. The lowest BCUT2D eigenvalue weighted by Crippen LogP contribution is -2.11. The first-order valence-electron chi connectivity index (χ1n) is 6.64. The van der Waals surface area contributed by atoms with Gasteiger partial charge < -0.3 is 9.84 Å². The van der Waals surface area contributed by atoms with E-state index in [0.717, 1.165) is 0 Å². The number of Topliss-reactive ketones (excluding diaryl/α,β-unsaturated/α-hetero) is 1. The fourth-order valence-electron chi connectivity index (χ4n) is 1.98. The van der Waals surface area contributed by atoms with Gasteiger partial charge in [0, 0.05) is 6.07 Å². The van der Waals surface area contributed by atoms with Crippen LogP contribution in [-0.4, -0.2) is 25.7 Å². The van der Waals surface area contributed by atoms with E-state index in [4.69, 9.17) is 4.74 Å². The van der Waals surface area contributed by atoms with E-state index in [9.17, 15) is 9.90 Å². The first-order valence-corrected chi connectivity index (χ1v) is 6.64. The number of ketones is 1. The molecule has 0 spiro atoms. The van der Waals surface area contributed by atoms with Gasteiger partial charge >= 0.3 is 0 Å². The lowest BCUT2D eigenvalue weighted by Gasteiger charge is -2.08. The molecule has 3 aromatic rings. The molecular formula is C16H13N3O3. The van der Waals surface area contributed by atoms with Crippen molar-refractivity contribution in [2.45, 2.75) is 6.54 Å². The summed E-state index contributed by atoms with van der Waals surface area (Å²) < 4.78 is 7.00. The Morgan fingerprint density at radius 1 is 1.14 bits per heavy atom. The van der Waals surface area contributed by atoms with E-state index < -0.39 is 0 Å². The predicted molar refractivity (Wildman–Crippen MR) is 79.0 cm³/mol. The highest BCUT2D eigenvalue weighted by Gasteiger charge is 2.13. The number of carbonyl (C=O) groups is 1. The molecule has 0 fully saturated rings. The number of benzene rings is 2. The van der Waals surface area contributed by atoms with Crippen LogP contribution in [0.25, 0.3) is 0 Å². The lowest BCUT2D eigenvalue weighted by molar-refractivity contribution is 0.0965. The van der Waals surface area contributed by atoms with Gasteiger partial charge in [0.2, 0.25) is 0 Å². The number of phenolic OH excluding ortho intramolecular Hbond substituents is 1. The third-order valence-electron chi connectivity index (χ3n) is 3.02. The van der Waals surface area contributed by atoms with E-state index in [0.29, 0.717) is 11.5 Å². The fourth-order valence-corrected chi connectivity index (χ4v) is 1.98. The van der Waals surface area contributed by atoms with Gasteiger partial charge in [-0.15, -0.1) is 0 Å². The van der Waals surface area contributed by atoms with Gasteiger partial charge in [-0.3, -0.25) is 4.79 Å². The van der Waals surface area contributed by atoms with Gasteiger partial charge in [-0.05, 0) is 24.3 Å². The Morgan fingerprint density at radius 3 is 2.64 bits per heavy atom. The SMILES string of the molecule is O=C(Cn1cncn1)c1ccc(Oc2ccccc2)cc1O. The van der Waals surface area contributed by atoms with Crippen molar-refractivity contribution in [1.29, 1.82) is 0 Å². The molecule has 0 aliphatic heterocycles. The van der Waals surface area contributed by atoms with Crippen LogP contribution in [-0.2, 0) is 6.54 Å². The molecule has 6 heteroatoms. The van der Waals surface area contributed by atoms with Crippen LogP contribution < -0.4 is 4.74 Å². The fraction of sp³-hybridized carbons (Fsp3) is 0.0625. The third-order valence-corrected chi connectivity index (χ3v) is 3.02. The number of para-hydroxylation sites is 1. The minimum absolute atomic E-state index is 0.0203. The van der Waals surface area contributed by atoms with E-state index in [2.05, 4.69) is 10.1 Å². The summed E-state index contributed by atoms with van der Waals surface area (Å²) in [6, 6.07) is 13.8. The van der Waals surface area contributed by atoms with Crippen LogP contribution in [0.5, 0.6) is 17.2 Å². The summed E-state index contributed by atoms with van der Waals surface area (Å²) in [5.41, 5.74) is 0.218. The Morgan fingerprint density at radius 2 is 1.95 bits per heavy atom. The van der Waals surface area contributed by atoms with Gasteiger partial charge in [0.05, 0.1) is 5.56 Å². The summed E-state index contributed by atoms with van der Waals surface area (Å²) >= 11 is 0. The monoisotopic (exact) mass is 295 g/mol. The lowest BCUT2D eigenvalue weighted by atomic mass is 10.1. The number of ether oxygens (including phenoxy) is 1. The second-order valence-corrected chi connectivity index (χ2v) is 4.61. The molecule has 1 heterocycles. The maximum atomic E-state index is 12.1. The number of nitrogens with zero attached hydrogens (tertiary/aromatic N) is 3. The van der Waals surface area contributed by atoms with Gasteiger partial charge in [0.1, 0.15) is 36.4 Å². The molecule has 2 aromatic carbocycles. The van der Waals surface area contributed by atoms with Crippen LogP contribution in [0.15, 0.2) is 61.2 Å². The van der Waals surface area contributed by atoms with E-state index in [1.807, 2.05) is 18.2 Å². The standard InChI is InChI=1S/C16H13N3O3/c20-15-8-13(22-12-4-2-1-3-5-12)6-7-14(15)16(21)9-19-11-17-10-18-19/h1-8,10-11,20H,9H2. The van der Waals surface area contributed by atoms with Gasteiger partial charge in [0.15, 0.2) is 5.78 Å². The first kappa shape index (κ1) is 13.8. The van der Waals surface area contributed by atoms with Crippen molar-refractivity contribution in [2.24, 2.45) is 0 Å². The predicted octanol–water partition coefficient (Wildman–Crippen LogP) is 2.66. The summed E-state index contributed by atoms with van der Waals surface area (Å²) in [7, 11) is 0. The number of rotatable bonds is 5. The highest BCUT2D eigenvalue weighted by Crippen LogP contribution is 2.28. The smallest absolute Gasteiger partial charge is 0.188 e. The average Bonchev–Trinajstić information content (AvgIpc) is 3.01. The number of aromatic nitrogens is 3. The maximum Gasteiger partial charge on any atom is 0.188 e. The molecule has 0 aliphatic carbocycles. The van der Waals surface area contributed by atoms with Crippen LogP contribution in [0.4, 0.5) is 0 Å². The van der Waals surface area contributed by atoms with E-state index >= 15 is 0 Å². The van der Waals surface area contributed by atoms with Crippen molar-refractivity contribution >= 4 is 5.78 Å². The number of phenols is 1. The maximum absolute atomic E-state index is 12.1.